The lowest BCUT2D eigenvalue weighted by molar-refractivity contribution is 0.0923. The van der Waals surface area contributed by atoms with Crippen molar-refractivity contribution in [1.29, 1.82) is 0 Å². The fraction of sp³-hybridized carbons (Fsp3) is 0. The molecule has 0 fully saturated rings. The van der Waals surface area contributed by atoms with Gasteiger partial charge in [0.25, 0.3) is 17.7 Å². The number of halogens is 4. The number of carbonyl (C=O) groups excluding carboxylic acids is 3. The Hall–Kier alpha value is -1.61. The molecule has 1 heterocycles. The maximum absolute atomic E-state index is 12.7. The average Bonchev–Trinajstić information content (AvgIpc) is 3.02. The Labute approximate surface area is 234 Å². The minimum atomic E-state index is -0.409. The molecule has 0 aromatic heterocycles. The lowest BCUT2D eigenvalue weighted by Gasteiger charge is -2.17. The van der Waals surface area contributed by atoms with Crippen LogP contribution in [-0.2, 0) is 0 Å². The van der Waals surface area contributed by atoms with Gasteiger partial charge in [0.15, 0.2) is 5.11 Å². The van der Waals surface area contributed by atoms with E-state index in [0.717, 1.165) is 12.0 Å². The molecule has 1 aliphatic heterocycles. The fourth-order valence-electron chi connectivity index (χ4n) is 3.21. The number of fused-ring (bicyclic) bond motifs is 1. The number of thiocarbonyl (C=S) groups is 1. The first-order valence-electron chi connectivity index (χ1n) is 9.21. The molecule has 33 heavy (non-hydrogen) atoms. The highest BCUT2D eigenvalue weighted by Gasteiger charge is 2.36. The highest BCUT2D eigenvalue weighted by molar-refractivity contribution is 14.1. The second-order valence-electron chi connectivity index (χ2n) is 6.81. The second kappa shape index (κ2) is 9.94. The van der Waals surface area contributed by atoms with Crippen LogP contribution in [0.3, 0.4) is 0 Å². The van der Waals surface area contributed by atoms with Crippen LogP contribution in [0.15, 0.2) is 59.1 Å². The fourth-order valence-corrected chi connectivity index (χ4v) is 5.89. The number of nitrogens with zero attached hydrogens (tertiary/aromatic N) is 1. The molecule has 0 radical (unpaired) electrons. The number of imide groups is 1. The lowest BCUT2D eigenvalue weighted by atomic mass is 10.1. The summed E-state index contributed by atoms with van der Waals surface area (Å²) in [5, 5.41) is 5.79. The van der Waals surface area contributed by atoms with Crippen LogP contribution in [0.2, 0.25) is 5.02 Å². The minimum Gasteiger partial charge on any atom is -0.331 e. The number of nitrogens with one attached hydrogen (secondary N) is 2. The Bertz CT molecular complexity index is 1330. The molecular formula is C22H11BrClI2N3O3S. The van der Waals surface area contributed by atoms with Crippen molar-refractivity contribution in [2.24, 2.45) is 0 Å². The summed E-state index contributed by atoms with van der Waals surface area (Å²) in [6, 6.07) is 15.0. The summed E-state index contributed by atoms with van der Waals surface area (Å²) in [4.78, 5) is 39.1. The topological polar surface area (TPSA) is 78.5 Å². The van der Waals surface area contributed by atoms with Crippen molar-refractivity contribution >= 4 is 119 Å². The van der Waals surface area contributed by atoms with Crippen molar-refractivity contribution < 1.29 is 14.4 Å². The van der Waals surface area contributed by atoms with E-state index in [9.17, 15) is 14.4 Å². The van der Waals surface area contributed by atoms with Gasteiger partial charge in [-0.05, 0) is 116 Å². The normalized spacial score (nSPS) is 12.5. The van der Waals surface area contributed by atoms with Gasteiger partial charge in [0.1, 0.15) is 0 Å². The van der Waals surface area contributed by atoms with Gasteiger partial charge in [0.05, 0.1) is 33.1 Å². The van der Waals surface area contributed by atoms with E-state index in [1.807, 2.05) is 6.07 Å². The van der Waals surface area contributed by atoms with Crippen LogP contribution in [0.1, 0.15) is 31.1 Å². The second-order valence-corrected chi connectivity index (χ2v) is 10.8. The molecule has 0 bridgehead atoms. The molecule has 3 amide bonds. The van der Waals surface area contributed by atoms with Crippen LogP contribution in [0.4, 0.5) is 11.4 Å². The Balaban J connectivity index is 1.49. The van der Waals surface area contributed by atoms with Crippen molar-refractivity contribution in [2.75, 3.05) is 10.2 Å². The van der Waals surface area contributed by atoms with E-state index in [2.05, 4.69) is 71.7 Å². The van der Waals surface area contributed by atoms with Gasteiger partial charge in [-0.15, -0.1) is 0 Å². The predicted molar refractivity (Wildman–Crippen MR) is 152 cm³/mol. The largest absolute Gasteiger partial charge is 0.331 e. The zero-order valence-electron chi connectivity index (χ0n) is 16.3. The summed E-state index contributed by atoms with van der Waals surface area (Å²) in [5.41, 5.74) is 1.90. The van der Waals surface area contributed by atoms with E-state index in [4.69, 9.17) is 23.8 Å². The van der Waals surface area contributed by atoms with Crippen LogP contribution >= 0.6 is 84.9 Å². The van der Waals surface area contributed by atoms with Crippen LogP contribution < -0.4 is 15.5 Å². The third-order valence-electron chi connectivity index (χ3n) is 4.72. The molecule has 0 saturated heterocycles. The zero-order chi connectivity index (χ0) is 23.9. The SMILES string of the molecule is O=C(NC(=S)Nc1ccc(N2C(=O)c3ccccc3C2=O)cc1Cl)c1cc(I)cc(I)c1Br. The molecule has 1 aliphatic rings. The Morgan fingerprint density at radius 3 is 2.24 bits per heavy atom. The van der Waals surface area contributed by atoms with Crippen LogP contribution in [-0.4, -0.2) is 22.8 Å². The molecule has 6 nitrogen and oxygen atoms in total. The van der Waals surface area contributed by atoms with E-state index < -0.39 is 11.8 Å². The monoisotopic (exact) mass is 765 g/mol. The van der Waals surface area contributed by atoms with Gasteiger partial charge in [-0.25, -0.2) is 4.90 Å². The molecule has 0 atom stereocenters. The summed E-state index contributed by atoms with van der Waals surface area (Å²) < 4.78 is 2.48. The predicted octanol–water partition coefficient (Wildman–Crippen LogP) is 6.24. The van der Waals surface area contributed by atoms with Gasteiger partial charge in [-0.3, -0.25) is 19.7 Å². The van der Waals surface area contributed by atoms with E-state index >= 15 is 0 Å². The first-order valence-corrected chi connectivity index (χ1v) is 13.0. The number of amides is 3. The molecule has 11 heteroatoms. The summed E-state index contributed by atoms with van der Waals surface area (Å²) in [7, 11) is 0. The average molecular weight is 767 g/mol. The van der Waals surface area contributed by atoms with Crippen LogP contribution in [0.25, 0.3) is 0 Å². The highest BCUT2D eigenvalue weighted by atomic mass is 127. The van der Waals surface area contributed by atoms with E-state index in [1.54, 1.807) is 42.5 Å². The van der Waals surface area contributed by atoms with Gasteiger partial charge in [-0.2, -0.15) is 0 Å². The van der Waals surface area contributed by atoms with Crippen molar-refractivity contribution in [3.8, 4) is 0 Å². The van der Waals surface area contributed by atoms with Crippen molar-refractivity contribution in [3.05, 3.63) is 87.9 Å². The summed E-state index contributed by atoms with van der Waals surface area (Å²) in [6.45, 7) is 0. The molecule has 3 aromatic rings. The number of hydrogen-bond acceptors (Lipinski definition) is 4. The van der Waals surface area contributed by atoms with Crippen LogP contribution in [0, 0.1) is 7.14 Å². The molecule has 0 aliphatic carbocycles. The number of rotatable bonds is 3. The number of anilines is 2. The van der Waals surface area contributed by atoms with Crippen LogP contribution in [0.5, 0.6) is 0 Å². The molecule has 4 rings (SSSR count). The summed E-state index contributed by atoms with van der Waals surface area (Å²) in [6.07, 6.45) is 0. The molecule has 0 unspecified atom stereocenters. The minimum absolute atomic E-state index is 0.0520. The maximum Gasteiger partial charge on any atom is 0.266 e. The van der Waals surface area contributed by atoms with Crippen molar-refractivity contribution in [1.82, 2.24) is 5.32 Å². The van der Waals surface area contributed by atoms with E-state index in [-0.39, 0.29) is 16.0 Å². The standard InChI is InChI=1S/C22H11BrClI2N3O3S/c23-18-14(7-10(25)8-16(18)26)19(30)28-22(33)27-17-6-5-11(9-15(17)24)29-20(31)12-3-1-2-4-13(12)21(29)32/h1-9H,(H2,27,28,30,33). The van der Waals surface area contributed by atoms with Gasteiger partial charge in [0.2, 0.25) is 0 Å². The Morgan fingerprint density at radius 1 is 1.00 bits per heavy atom. The number of hydrogen-bond donors (Lipinski definition) is 2. The smallest absolute Gasteiger partial charge is 0.266 e. The third kappa shape index (κ3) is 4.94. The van der Waals surface area contributed by atoms with Gasteiger partial charge >= 0.3 is 0 Å². The van der Waals surface area contributed by atoms with Gasteiger partial charge < -0.3 is 5.32 Å². The quantitative estimate of drug-likeness (QED) is 0.143. The molecule has 0 spiro atoms. The summed E-state index contributed by atoms with van der Waals surface area (Å²) in [5.74, 6) is -1.20. The zero-order valence-corrected chi connectivity index (χ0v) is 23.8. The highest BCUT2D eigenvalue weighted by Crippen LogP contribution is 2.33. The molecule has 2 N–H and O–H groups in total. The van der Waals surface area contributed by atoms with E-state index in [1.165, 1.54) is 6.07 Å². The molecular weight excluding hydrogens is 755 g/mol. The van der Waals surface area contributed by atoms with Gasteiger partial charge in [-0.1, -0.05) is 23.7 Å². The first kappa shape index (κ1) is 24.5. The Kier molecular flexibility index (Phi) is 7.38. The number of benzene rings is 3. The summed E-state index contributed by atoms with van der Waals surface area (Å²) >= 11 is 19.4. The van der Waals surface area contributed by atoms with E-state index in [0.29, 0.717) is 32.5 Å². The molecule has 3 aromatic carbocycles. The first-order chi connectivity index (χ1) is 15.7. The molecule has 166 valence electrons. The van der Waals surface area contributed by atoms with Crippen molar-refractivity contribution in [2.45, 2.75) is 0 Å². The lowest BCUT2D eigenvalue weighted by Crippen LogP contribution is -2.34. The maximum atomic E-state index is 12.7. The van der Waals surface area contributed by atoms with Gasteiger partial charge in [0, 0.05) is 11.6 Å². The number of carbonyl (C=O) groups is 3. The van der Waals surface area contributed by atoms with Crippen molar-refractivity contribution in [3.63, 3.8) is 0 Å². The Morgan fingerprint density at radius 2 is 1.64 bits per heavy atom. The molecule has 0 saturated carbocycles. The third-order valence-corrected chi connectivity index (χ3v) is 8.30.